The number of hydrogen-bond donors (Lipinski definition) is 1. The van der Waals surface area contributed by atoms with Gasteiger partial charge in [0.15, 0.2) is 0 Å². The standard InChI is InChI=1S/C4H8S2/c1-6-4-2-3-5/h2,4-5H,3H2,1H3/b4-2-. The first kappa shape index (κ1) is 6.44. The van der Waals surface area contributed by atoms with E-state index in [-0.39, 0.29) is 0 Å². The Morgan fingerprint density at radius 2 is 2.50 bits per heavy atom. The molecule has 36 valence electrons. The molecule has 0 aromatic carbocycles. The van der Waals surface area contributed by atoms with Gasteiger partial charge in [0.1, 0.15) is 0 Å². The second-order valence-corrected chi connectivity index (χ2v) is 1.90. The zero-order valence-corrected chi connectivity index (χ0v) is 5.43. The second-order valence-electron chi connectivity index (χ2n) is 0.790. The maximum atomic E-state index is 3.95. The van der Waals surface area contributed by atoms with Gasteiger partial charge in [-0.2, -0.15) is 12.6 Å². The van der Waals surface area contributed by atoms with Crippen molar-refractivity contribution in [3.8, 4) is 0 Å². The zero-order chi connectivity index (χ0) is 4.83. The summed E-state index contributed by atoms with van der Waals surface area (Å²) in [5, 5.41) is 2.02. The van der Waals surface area contributed by atoms with Crippen molar-refractivity contribution in [1.29, 1.82) is 0 Å². The number of hydrogen-bond acceptors (Lipinski definition) is 2. The van der Waals surface area contributed by atoms with E-state index in [0.29, 0.717) is 0 Å². The summed E-state index contributed by atoms with van der Waals surface area (Å²) in [6, 6.07) is 0. The molecule has 0 bridgehead atoms. The van der Waals surface area contributed by atoms with Crippen molar-refractivity contribution in [2.75, 3.05) is 12.0 Å². The molecule has 0 spiro atoms. The topological polar surface area (TPSA) is 0 Å². The molecule has 0 unspecified atom stereocenters. The molecule has 0 aromatic rings. The van der Waals surface area contributed by atoms with Crippen LogP contribution >= 0.6 is 24.4 Å². The van der Waals surface area contributed by atoms with Gasteiger partial charge in [-0.3, -0.25) is 0 Å². The van der Waals surface area contributed by atoms with Gasteiger partial charge in [-0.1, -0.05) is 6.08 Å². The van der Waals surface area contributed by atoms with Gasteiger partial charge in [0.2, 0.25) is 0 Å². The lowest BCUT2D eigenvalue weighted by Crippen LogP contribution is -1.52. The molecule has 2 heteroatoms. The molecular weight excluding hydrogens is 112 g/mol. The second kappa shape index (κ2) is 5.44. The van der Waals surface area contributed by atoms with Crippen LogP contribution in [0.3, 0.4) is 0 Å². The SMILES string of the molecule is CS/C=C\CS. The molecule has 0 nitrogen and oxygen atoms in total. The first-order chi connectivity index (χ1) is 2.91. The number of thioether (sulfide) groups is 1. The normalized spacial score (nSPS) is 10.3. The van der Waals surface area contributed by atoms with Crippen LogP contribution in [0.1, 0.15) is 0 Å². The largest absolute Gasteiger partial charge is 0.175 e. The highest BCUT2D eigenvalue weighted by molar-refractivity contribution is 8.01. The fraction of sp³-hybridized carbons (Fsp3) is 0.500. The quantitative estimate of drug-likeness (QED) is 0.542. The highest BCUT2D eigenvalue weighted by Crippen LogP contribution is 1.92. The van der Waals surface area contributed by atoms with Gasteiger partial charge in [0, 0.05) is 5.75 Å². The Balaban J connectivity index is 2.73. The van der Waals surface area contributed by atoms with Crippen LogP contribution in [0, 0.1) is 0 Å². The molecule has 0 fully saturated rings. The van der Waals surface area contributed by atoms with Crippen molar-refractivity contribution in [3.63, 3.8) is 0 Å². The molecule has 0 rings (SSSR count). The highest BCUT2D eigenvalue weighted by atomic mass is 32.2. The Labute approximate surface area is 48.4 Å². The lowest BCUT2D eigenvalue weighted by atomic mass is 10.8. The number of thiol groups is 1. The fourth-order valence-corrected chi connectivity index (χ4v) is 0.676. The lowest BCUT2D eigenvalue weighted by Gasteiger charge is -1.72. The summed E-state index contributed by atoms with van der Waals surface area (Å²) in [5.41, 5.74) is 0. The van der Waals surface area contributed by atoms with E-state index >= 15 is 0 Å². The van der Waals surface area contributed by atoms with Crippen molar-refractivity contribution >= 4 is 24.4 Å². The van der Waals surface area contributed by atoms with Gasteiger partial charge in [0.05, 0.1) is 0 Å². The van der Waals surface area contributed by atoms with Crippen LogP contribution in [0.4, 0.5) is 0 Å². The number of rotatable bonds is 2. The van der Waals surface area contributed by atoms with Crippen molar-refractivity contribution in [2.45, 2.75) is 0 Å². The molecule has 0 saturated heterocycles. The highest BCUT2D eigenvalue weighted by Gasteiger charge is 1.60. The van der Waals surface area contributed by atoms with Crippen LogP contribution in [0.15, 0.2) is 11.5 Å². The summed E-state index contributed by atoms with van der Waals surface area (Å²) in [6.07, 6.45) is 4.04. The summed E-state index contributed by atoms with van der Waals surface area (Å²) in [7, 11) is 0. The molecule has 0 aliphatic heterocycles. The van der Waals surface area contributed by atoms with Crippen molar-refractivity contribution in [2.24, 2.45) is 0 Å². The molecule has 0 amide bonds. The van der Waals surface area contributed by atoms with Crippen LogP contribution in [-0.4, -0.2) is 12.0 Å². The summed E-state index contributed by atoms with van der Waals surface area (Å²) >= 11 is 5.65. The van der Waals surface area contributed by atoms with E-state index < -0.39 is 0 Å². The molecule has 0 aromatic heterocycles. The minimum atomic E-state index is 0.848. The van der Waals surface area contributed by atoms with Gasteiger partial charge in [0.25, 0.3) is 0 Å². The summed E-state index contributed by atoms with van der Waals surface area (Å²) in [4.78, 5) is 0. The summed E-state index contributed by atoms with van der Waals surface area (Å²) in [6.45, 7) is 0. The average molecular weight is 120 g/mol. The third-order valence-electron chi connectivity index (χ3n) is 0.338. The Morgan fingerprint density at radius 3 is 2.67 bits per heavy atom. The van der Waals surface area contributed by atoms with Gasteiger partial charge in [-0.25, -0.2) is 0 Å². The molecule has 0 aliphatic rings. The maximum Gasteiger partial charge on any atom is 0.00906 e. The monoisotopic (exact) mass is 120 g/mol. The van der Waals surface area contributed by atoms with Gasteiger partial charge in [-0.05, 0) is 11.7 Å². The molecular formula is C4H8S2. The van der Waals surface area contributed by atoms with Crippen molar-refractivity contribution in [3.05, 3.63) is 11.5 Å². The first-order valence-electron chi connectivity index (χ1n) is 1.70. The third-order valence-corrected chi connectivity index (χ3v) is 1.01. The van der Waals surface area contributed by atoms with Gasteiger partial charge >= 0.3 is 0 Å². The van der Waals surface area contributed by atoms with Crippen LogP contribution < -0.4 is 0 Å². The van der Waals surface area contributed by atoms with E-state index in [1.165, 1.54) is 0 Å². The van der Waals surface area contributed by atoms with E-state index in [4.69, 9.17) is 0 Å². The van der Waals surface area contributed by atoms with Crippen molar-refractivity contribution in [1.82, 2.24) is 0 Å². The molecule has 0 atom stereocenters. The van der Waals surface area contributed by atoms with E-state index in [2.05, 4.69) is 12.6 Å². The fourth-order valence-electron chi connectivity index (χ4n) is 0.139. The van der Waals surface area contributed by atoms with E-state index in [1.54, 1.807) is 11.8 Å². The molecule has 0 saturated carbocycles. The average Bonchev–Trinajstić information content (AvgIpc) is 1.61. The minimum absolute atomic E-state index is 0.848. The smallest absolute Gasteiger partial charge is 0.00906 e. The maximum absolute atomic E-state index is 3.95. The molecule has 0 heterocycles. The predicted molar refractivity (Wildman–Crippen MR) is 36.5 cm³/mol. The van der Waals surface area contributed by atoms with Crippen LogP contribution in [-0.2, 0) is 0 Å². The Bertz CT molecular complexity index is 34.8. The first-order valence-corrected chi connectivity index (χ1v) is 3.62. The van der Waals surface area contributed by atoms with Gasteiger partial charge < -0.3 is 0 Å². The summed E-state index contributed by atoms with van der Waals surface area (Å²) in [5.74, 6) is 0.848. The van der Waals surface area contributed by atoms with E-state index in [9.17, 15) is 0 Å². The van der Waals surface area contributed by atoms with E-state index in [1.807, 2.05) is 17.7 Å². The molecule has 0 radical (unpaired) electrons. The van der Waals surface area contributed by atoms with Crippen LogP contribution in [0.25, 0.3) is 0 Å². The zero-order valence-electron chi connectivity index (χ0n) is 3.72. The minimum Gasteiger partial charge on any atom is -0.175 e. The Morgan fingerprint density at radius 1 is 1.83 bits per heavy atom. The summed E-state index contributed by atoms with van der Waals surface area (Å²) < 4.78 is 0. The third kappa shape index (κ3) is 4.44. The predicted octanol–water partition coefficient (Wildman–Crippen LogP) is 1.79. The molecule has 6 heavy (non-hydrogen) atoms. The van der Waals surface area contributed by atoms with Gasteiger partial charge in [-0.15, -0.1) is 11.8 Å². The Kier molecular flexibility index (Phi) is 5.84. The van der Waals surface area contributed by atoms with E-state index in [0.717, 1.165) is 5.75 Å². The molecule has 0 N–H and O–H groups in total. The lowest BCUT2D eigenvalue weighted by molar-refractivity contribution is 1.83. The van der Waals surface area contributed by atoms with Crippen LogP contribution in [0.5, 0.6) is 0 Å². The Hall–Kier alpha value is 0.440. The van der Waals surface area contributed by atoms with Crippen LogP contribution in [0.2, 0.25) is 0 Å². The molecule has 0 aliphatic carbocycles. The van der Waals surface area contributed by atoms with Crippen molar-refractivity contribution < 1.29 is 0 Å².